The number of halogens is 2. The minimum Gasteiger partial charge on any atom is -0.539 e. The third kappa shape index (κ3) is 14.6. The van der Waals surface area contributed by atoms with Crippen molar-refractivity contribution in [1.29, 1.82) is 0 Å². The van der Waals surface area contributed by atoms with Gasteiger partial charge in [-0.25, -0.2) is 24.7 Å². The van der Waals surface area contributed by atoms with Crippen LogP contribution < -0.4 is 36.2 Å². The molecular weight excluding hydrogens is 1040 g/mol. The van der Waals surface area contributed by atoms with E-state index in [1.54, 1.807) is 13.8 Å². The lowest BCUT2D eigenvalue weighted by Crippen LogP contribution is -2.89. The lowest BCUT2D eigenvalue weighted by molar-refractivity contribution is -0.684. The predicted molar refractivity (Wildman–Crippen MR) is 292 cm³/mol. The number of nitrogens with one attached hydrogen (secondary N) is 2. The molecule has 4 aliphatic heterocycles. The van der Waals surface area contributed by atoms with E-state index in [0.29, 0.717) is 72.8 Å². The molecule has 0 unspecified atom stereocenters. The van der Waals surface area contributed by atoms with Gasteiger partial charge in [-0.3, -0.25) is 19.2 Å². The maximum absolute atomic E-state index is 13.8. The maximum Gasteiger partial charge on any atom is 0.351 e. The van der Waals surface area contributed by atoms with E-state index < -0.39 is 11.9 Å². The summed E-state index contributed by atoms with van der Waals surface area (Å²) in [4.78, 5) is 96.2. The molecule has 2 aromatic carbocycles. The molecule has 2 saturated heterocycles. The first-order valence-electron chi connectivity index (χ1n) is 26.8. The number of nitrogens with two attached hydrogens (primary N) is 2. The number of piperazine rings is 2. The summed E-state index contributed by atoms with van der Waals surface area (Å²) in [5, 5.41) is 36.0. The molecule has 2 aromatic heterocycles. The van der Waals surface area contributed by atoms with Crippen molar-refractivity contribution in [2.45, 2.75) is 147 Å². The fourth-order valence-electron chi connectivity index (χ4n) is 10.7. The van der Waals surface area contributed by atoms with Crippen molar-refractivity contribution in [1.82, 2.24) is 29.7 Å². The molecule has 21 nitrogen and oxygen atoms in total. The van der Waals surface area contributed by atoms with E-state index in [9.17, 15) is 19.2 Å². The number of aliphatic hydroxyl groups excluding tert-OH is 1. The van der Waals surface area contributed by atoms with Crippen LogP contribution in [0.25, 0.3) is 0 Å². The van der Waals surface area contributed by atoms with Gasteiger partial charge < -0.3 is 61.0 Å². The first kappa shape index (κ1) is 59.1. The monoisotopic (exact) mass is 1120 g/mol. The molecule has 4 aromatic rings. The van der Waals surface area contributed by atoms with Crippen LogP contribution in [0.1, 0.15) is 127 Å². The summed E-state index contributed by atoms with van der Waals surface area (Å²) in [6.45, 7) is 20.3. The van der Waals surface area contributed by atoms with E-state index in [2.05, 4.69) is 102 Å². The predicted octanol–water partition coefficient (Wildman–Crippen LogP) is 2.45. The van der Waals surface area contributed by atoms with E-state index in [1.807, 2.05) is 48.5 Å². The molecule has 0 bridgehead atoms. The first-order chi connectivity index (χ1) is 37.0. The molecule has 78 heavy (non-hydrogen) atoms. The van der Waals surface area contributed by atoms with Gasteiger partial charge in [0, 0.05) is 66.3 Å². The molecule has 4 fully saturated rings. The fraction of sp³-hybridized carbons (Fsp3) is 0.527. The lowest BCUT2D eigenvalue weighted by Gasteiger charge is -2.38. The number of rotatable bonds is 12. The molecule has 420 valence electrons. The summed E-state index contributed by atoms with van der Waals surface area (Å²) in [5.74, 6) is -0.851. The van der Waals surface area contributed by atoms with Gasteiger partial charge in [0.2, 0.25) is 23.6 Å². The van der Waals surface area contributed by atoms with Crippen LogP contribution in [0.5, 0.6) is 0 Å². The summed E-state index contributed by atoms with van der Waals surface area (Å²) in [5.41, 5.74) is 4.05. The van der Waals surface area contributed by atoms with Crippen LogP contribution in [0, 0.1) is 0 Å². The fourth-order valence-corrected chi connectivity index (χ4v) is 10.9. The van der Waals surface area contributed by atoms with Gasteiger partial charge in [0.1, 0.15) is 47.8 Å². The normalized spacial score (nSPS) is 22.3. The zero-order valence-electron chi connectivity index (χ0n) is 45.4. The van der Waals surface area contributed by atoms with Crippen LogP contribution in [0.3, 0.4) is 0 Å². The highest BCUT2D eigenvalue weighted by Gasteiger charge is 2.54. The summed E-state index contributed by atoms with van der Waals surface area (Å²) in [7, 11) is 0. The zero-order valence-corrected chi connectivity index (χ0v) is 46.9. The highest BCUT2D eigenvalue weighted by molar-refractivity contribution is 6.30. The highest BCUT2D eigenvalue weighted by atomic mass is 35.5. The molecule has 10 rings (SSSR count). The number of carboxylic acids is 2. The number of fused-ring (bicyclic) bond motifs is 4. The van der Waals surface area contributed by atoms with Gasteiger partial charge in [0.05, 0.1) is 49.3 Å². The number of hydrogen-bond donors (Lipinski definition) is 6. The van der Waals surface area contributed by atoms with E-state index in [1.165, 1.54) is 12.7 Å². The molecule has 2 saturated carbocycles. The third-order valence-corrected chi connectivity index (χ3v) is 15.0. The molecule has 0 spiro atoms. The van der Waals surface area contributed by atoms with Gasteiger partial charge in [0.25, 0.3) is 0 Å². The van der Waals surface area contributed by atoms with E-state index in [0.717, 1.165) is 59.8 Å². The number of anilines is 4. The Morgan fingerprint density at radius 1 is 0.628 bits per heavy atom. The average Bonchev–Trinajstić information content (AvgIpc) is 4.52. The van der Waals surface area contributed by atoms with Crippen molar-refractivity contribution in [3.8, 4) is 0 Å². The number of hydrogen-bond acceptors (Lipinski definition) is 14. The van der Waals surface area contributed by atoms with Gasteiger partial charge in [0.15, 0.2) is 5.97 Å². The number of amides is 4. The molecule has 8 atom stereocenters. The van der Waals surface area contributed by atoms with Gasteiger partial charge in [-0.2, -0.15) is 0 Å². The molecule has 8 N–H and O–H groups in total. The Balaban J connectivity index is 0.000000193. The third-order valence-electron chi connectivity index (χ3n) is 14.5. The Labute approximate surface area is 464 Å². The minimum atomic E-state index is -2.07. The zero-order chi connectivity index (χ0) is 56.7. The molecule has 6 aliphatic rings. The number of aliphatic carboxylic acids is 2. The maximum atomic E-state index is 13.8. The number of quaternary nitrogens is 2. The number of benzene rings is 2. The summed E-state index contributed by atoms with van der Waals surface area (Å²) in [6, 6.07) is 17.1. The van der Waals surface area contributed by atoms with Crippen LogP contribution in [0.4, 0.5) is 23.3 Å². The van der Waals surface area contributed by atoms with Crippen molar-refractivity contribution < 1.29 is 54.7 Å². The summed E-state index contributed by atoms with van der Waals surface area (Å²) >= 11 is 12.2. The largest absolute Gasteiger partial charge is 0.539 e. The number of carbonyl (C=O) groups excluding carboxylic acids is 5. The standard InChI is InChI=1S/2C25H31ClN6O2.C3H8O.C2H2O4/c2*1-14(2)27-12-18(16-4-6-17(26)7-5-16)25(34)32-9-8-31(19-11-20(19)32)24-22-15(3)10-21(33)30-23(22)28-13-29-24;1-3(2)4;3-1(4)2(5)6/h2*4-7,13-15,18-20,27H,8-12H2,1-3H3,(H,28,29,30,33);3-4H,1-2H3;(H,3,4)(H,5,6)/p+1/t2*15-,18-,19+,20-;;/m11../s1. The second kappa shape index (κ2) is 26.0. The number of carbonyl (C=O) groups is 6. The highest BCUT2D eigenvalue weighted by Crippen LogP contribution is 2.46. The number of aromatic nitrogens is 4. The van der Waals surface area contributed by atoms with Crippen LogP contribution in [-0.2, 0) is 28.8 Å². The number of aliphatic hydroxyl groups is 1. The van der Waals surface area contributed by atoms with Crippen LogP contribution in [-0.4, -0.2) is 157 Å². The van der Waals surface area contributed by atoms with E-state index in [4.69, 9.17) is 48.1 Å². The molecule has 0 radical (unpaired) electrons. The van der Waals surface area contributed by atoms with Crippen molar-refractivity contribution >= 4 is 82.0 Å². The average molecular weight is 1120 g/mol. The van der Waals surface area contributed by atoms with Gasteiger partial charge in [-0.15, -0.1) is 0 Å². The van der Waals surface area contributed by atoms with Crippen molar-refractivity contribution in [3.63, 3.8) is 0 Å². The second-order valence-corrected chi connectivity index (χ2v) is 22.6. The number of carboxylic acid groups (broad SMARTS) is 2. The van der Waals surface area contributed by atoms with E-state index >= 15 is 0 Å². The Hall–Kier alpha value is -6.52. The quantitative estimate of drug-likeness (QED) is 0.111. The molecule has 6 heterocycles. The van der Waals surface area contributed by atoms with Gasteiger partial charge in [-0.05, 0) is 102 Å². The van der Waals surface area contributed by atoms with Crippen LogP contribution in [0.15, 0.2) is 61.2 Å². The first-order valence-corrected chi connectivity index (χ1v) is 27.5. The minimum absolute atomic E-state index is 0.00388. The van der Waals surface area contributed by atoms with Crippen molar-refractivity contribution in [2.75, 3.05) is 59.7 Å². The smallest absolute Gasteiger partial charge is 0.351 e. The Morgan fingerprint density at radius 2 is 0.974 bits per heavy atom. The van der Waals surface area contributed by atoms with Gasteiger partial charge in [-0.1, -0.05) is 61.3 Å². The Morgan fingerprint density at radius 3 is 1.29 bits per heavy atom. The molecular formula is C55H73Cl2N12O9+. The van der Waals surface area contributed by atoms with Gasteiger partial charge >= 0.3 is 5.97 Å². The second-order valence-electron chi connectivity index (χ2n) is 21.7. The van der Waals surface area contributed by atoms with Crippen LogP contribution in [0.2, 0.25) is 10.0 Å². The van der Waals surface area contributed by atoms with Crippen molar-refractivity contribution in [3.05, 3.63) is 93.5 Å². The van der Waals surface area contributed by atoms with Crippen LogP contribution >= 0.6 is 23.2 Å². The Bertz CT molecular complexity index is 2620. The lowest BCUT2D eigenvalue weighted by atomic mass is 9.94. The Kier molecular flexibility index (Phi) is 19.7. The molecule has 4 amide bonds. The summed E-state index contributed by atoms with van der Waals surface area (Å²) < 4.78 is 0. The van der Waals surface area contributed by atoms with E-state index in [-0.39, 0.29) is 77.6 Å². The SMILES string of the molecule is CC(C)O.CC(C)[NH2+]C[C@@H](C(=O)N1CCN(c2ncnc3c2[C@H](C)CC(=O)N3)[C@H]2C[C@H]21)c1ccc(Cl)cc1.CC(C)[NH2+]C[C@@H](C(=O)N1CCN(c2ncnc3c2[C@H](C)CC(=O)N3)[C@H]2C[C@H]21)c1ccc(Cl)cc1.O=C([O-])C(=O)O. The molecule has 2 aliphatic carbocycles. The number of nitrogens with zero attached hydrogens (tertiary/aromatic N) is 8. The summed E-state index contributed by atoms with van der Waals surface area (Å²) in [6.07, 6.45) is 5.64. The topological polar surface area (TPSA) is 288 Å². The molecule has 23 heteroatoms. The van der Waals surface area contributed by atoms with Crippen molar-refractivity contribution in [2.24, 2.45) is 0 Å².